The molecule has 4 nitrogen and oxygen atoms in total. The summed E-state index contributed by atoms with van der Waals surface area (Å²) >= 11 is 5.99. The van der Waals surface area contributed by atoms with Crippen molar-refractivity contribution in [3.05, 3.63) is 34.5 Å². The molecule has 0 saturated carbocycles. The second kappa shape index (κ2) is 4.82. The van der Waals surface area contributed by atoms with Gasteiger partial charge in [0.15, 0.2) is 5.78 Å². The Morgan fingerprint density at radius 1 is 1.33 bits per heavy atom. The number of halogens is 1. The molecule has 2 rings (SSSR count). The molecule has 0 aliphatic heterocycles. The van der Waals surface area contributed by atoms with Crippen LogP contribution in [0.3, 0.4) is 0 Å². The lowest BCUT2D eigenvalue weighted by Gasteiger charge is -2.02. The molecule has 0 atom stereocenters. The van der Waals surface area contributed by atoms with Crippen LogP contribution in [0.2, 0.25) is 5.02 Å². The van der Waals surface area contributed by atoms with E-state index in [0.717, 1.165) is 6.42 Å². The summed E-state index contributed by atoms with van der Waals surface area (Å²) in [7, 11) is 0. The van der Waals surface area contributed by atoms with Crippen molar-refractivity contribution >= 4 is 34.3 Å². The molecular formula is C13H11ClO4. The van der Waals surface area contributed by atoms with E-state index >= 15 is 0 Å². The number of carbonyl (C=O) groups excluding carboxylic acids is 1. The van der Waals surface area contributed by atoms with Gasteiger partial charge in [0, 0.05) is 23.4 Å². The first-order chi connectivity index (χ1) is 8.52. The minimum absolute atomic E-state index is 0.0533. The highest BCUT2D eigenvalue weighted by atomic mass is 35.5. The van der Waals surface area contributed by atoms with Gasteiger partial charge < -0.3 is 9.52 Å². The van der Waals surface area contributed by atoms with Gasteiger partial charge in [0.25, 0.3) is 0 Å². The molecule has 5 heteroatoms. The predicted octanol–water partition coefficient (Wildman–Crippen LogP) is 3.77. The summed E-state index contributed by atoms with van der Waals surface area (Å²) in [5.41, 5.74) is 0.772. The van der Waals surface area contributed by atoms with Crippen LogP contribution in [-0.2, 0) is 0 Å². The van der Waals surface area contributed by atoms with Crippen molar-refractivity contribution in [2.45, 2.75) is 19.8 Å². The number of carbonyl (C=O) groups is 2. The fourth-order valence-electron chi connectivity index (χ4n) is 1.74. The number of fused-ring (bicyclic) bond motifs is 1. The lowest BCUT2D eigenvalue weighted by Crippen LogP contribution is -1.98. The molecule has 0 radical (unpaired) electrons. The number of hydrogen-bond donors (Lipinski definition) is 1. The Labute approximate surface area is 108 Å². The zero-order valence-electron chi connectivity index (χ0n) is 9.70. The molecule has 0 spiro atoms. The van der Waals surface area contributed by atoms with Gasteiger partial charge in [-0.25, -0.2) is 4.79 Å². The summed E-state index contributed by atoms with van der Waals surface area (Å²) in [5, 5.41) is 9.67. The van der Waals surface area contributed by atoms with Gasteiger partial charge in [-0.15, -0.1) is 0 Å². The van der Waals surface area contributed by atoms with Gasteiger partial charge >= 0.3 is 5.97 Å². The Balaban J connectivity index is 2.53. The maximum absolute atomic E-state index is 11.8. The summed E-state index contributed by atoms with van der Waals surface area (Å²) in [6.45, 7) is 1.91. The van der Waals surface area contributed by atoms with E-state index in [0.29, 0.717) is 23.0 Å². The molecule has 0 aliphatic rings. The molecule has 1 N–H and O–H groups in total. The van der Waals surface area contributed by atoms with Gasteiger partial charge in [0.2, 0.25) is 5.76 Å². The van der Waals surface area contributed by atoms with Gasteiger partial charge in [-0.05, 0) is 18.6 Å². The predicted molar refractivity (Wildman–Crippen MR) is 67.4 cm³/mol. The van der Waals surface area contributed by atoms with Crippen LogP contribution in [0.15, 0.2) is 22.6 Å². The van der Waals surface area contributed by atoms with Crippen molar-refractivity contribution in [2.24, 2.45) is 0 Å². The number of ketones is 1. The fourth-order valence-corrected chi connectivity index (χ4v) is 2.00. The van der Waals surface area contributed by atoms with E-state index in [1.807, 2.05) is 6.92 Å². The number of carboxylic acids is 1. The van der Waals surface area contributed by atoms with Gasteiger partial charge in [-0.2, -0.15) is 0 Å². The van der Waals surface area contributed by atoms with E-state index in [2.05, 4.69) is 0 Å². The maximum Gasteiger partial charge on any atom is 0.371 e. The minimum Gasteiger partial charge on any atom is -0.475 e. The van der Waals surface area contributed by atoms with Gasteiger partial charge in [0.1, 0.15) is 5.58 Å². The molecule has 1 aromatic carbocycles. The van der Waals surface area contributed by atoms with Crippen molar-refractivity contribution in [2.75, 3.05) is 0 Å². The van der Waals surface area contributed by atoms with Crippen molar-refractivity contribution < 1.29 is 19.1 Å². The molecule has 2 aromatic rings. The minimum atomic E-state index is -1.15. The van der Waals surface area contributed by atoms with E-state index in [1.165, 1.54) is 12.1 Å². The normalized spacial score (nSPS) is 10.8. The lowest BCUT2D eigenvalue weighted by atomic mass is 10.1. The topological polar surface area (TPSA) is 67.5 Å². The van der Waals surface area contributed by atoms with Crippen LogP contribution in [0.25, 0.3) is 11.0 Å². The highest BCUT2D eigenvalue weighted by molar-refractivity contribution is 6.34. The molecule has 1 heterocycles. The van der Waals surface area contributed by atoms with Crippen LogP contribution >= 0.6 is 11.6 Å². The molecule has 1 aromatic heterocycles. The van der Waals surface area contributed by atoms with E-state index in [1.54, 1.807) is 6.07 Å². The lowest BCUT2D eigenvalue weighted by molar-refractivity contribution is 0.0664. The third-order valence-corrected chi connectivity index (χ3v) is 2.91. The van der Waals surface area contributed by atoms with E-state index in [4.69, 9.17) is 21.1 Å². The largest absolute Gasteiger partial charge is 0.475 e. The van der Waals surface area contributed by atoms with Gasteiger partial charge in [-0.1, -0.05) is 18.5 Å². The van der Waals surface area contributed by atoms with Gasteiger partial charge in [-0.3, -0.25) is 4.79 Å². The second-order valence-electron chi connectivity index (χ2n) is 3.96. The first-order valence-corrected chi connectivity index (χ1v) is 5.90. The Morgan fingerprint density at radius 3 is 2.67 bits per heavy atom. The third-order valence-electron chi connectivity index (χ3n) is 2.59. The standard InChI is InChI=1S/C13H11ClO4/c1-2-3-10(15)8-4-7-5-12(13(16)17)18-11(7)6-9(8)14/h4-6H,2-3H2,1H3,(H,16,17). The van der Waals surface area contributed by atoms with Crippen molar-refractivity contribution in [3.8, 4) is 0 Å². The van der Waals surface area contributed by atoms with Crippen LogP contribution in [0.1, 0.15) is 40.7 Å². The fraction of sp³-hybridized carbons (Fsp3) is 0.231. The van der Waals surface area contributed by atoms with Crippen molar-refractivity contribution in [1.29, 1.82) is 0 Å². The monoisotopic (exact) mass is 266 g/mol. The van der Waals surface area contributed by atoms with Crippen LogP contribution in [-0.4, -0.2) is 16.9 Å². The first-order valence-electron chi connectivity index (χ1n) is 5.52. The number of hydrogen-bond acceptors (Lipinski definition) is 3. The summed E-state index contributed by atoms with van der Waals surface area (Å²) in [6, 6.07) is 4.44. The Hall–Kier alpha value is -1.81. The Morgan fingerprint density at radius 2 is 2.06 bits per heavy atom. The van der Waals surface area contributed by atoms with Crippen LogP contribution < -0.4 is 0 Å². The number of furan rings is 1. The quantitative estimate of drug-likeness (QED) is 0.856. The van der Waals surface area contributed by atoms with Crippen LogP contribution in [0.5, 0.6) is 0 Å². The number of rotatable bonds is 4. The average Bonchev–Trinajstić information content (AvgIpc) is 2.71. The second-order valence-corrected chi connectivity index (χ2v) is 4.37. The number of aromatic carboxylic acids is 1. The van der Waals surface area contributed by atoms with E-state index < -0.39 is 5.97 Å². The van der Waals surface area contributed by atoms with Crippen molar-refractivity contribution in [3.63, 3.8) is 0 Å². The zero-order valence-corrected chi connectivity index (χ0v) is 10.5. The molecular weight excluding hydrogens is 256 g/mol. The van der Waals surface area contributed by atoms with Gasteiger partial charge in [0.05, 0.1) is 5.02 Å². The summed E-state index contributed by atoms with van der Waals surface area (Å²) in [4.78, 5) is 22.6. The van der Waals surface area contributed by atoms with Crippen LogP contribution in [0.4, 0.5) is 0 Å². The summed E-state index contributed by atoms with van der Waals surface area (Å²) < 4.78 is 5.11. The molecule has 0 aliphatic carbocycles. The SMILES string of the molecule is CCCC(=O)c1cc2cc(C(=O)O)oc2cc1Cl. The summed E-state index contributed by atoms with van der Waals surface area (Å²) in [6.07, 6.45) is 1.15. The highest BCUT2D eigenvalue weighted by Crippen LogP contribution is 2.28. The molecule has 0 unspecified atom stereocenters. The molecule has 94 valence electrons. The molecule has 18 heavy (non-hydrogen) atoms. The zero-order chi connectivity index (χ0) is 13.3. The number of Topliss-reactive ketones (excluding diaryl/α,β-unsaturated/α-hetero) is 1. The number of carboxylic acid groups (broad SMARTS) is 1. The Kier molecular flexibility index (Phi) is 3.39. The van der Waals surface area contributed by atoms with E-state index in [9.17, 15) is 9.59 Å². The molecule has 0 bridgehead atoms. The highest BCUT2D eigenvalue weighted by Gasteiger charge is 2.15. The number of benzene rings is 1. The molecule has 0 saturated heterocycles. The third kappa shape index (κ3) is 2.24. The smallest absolute Gasteiger partial charge is 0.371 e. The summed E-state index contributed by atoms with van der Waals surface area (Å²) in [5.74, 6) is -1.37. The van der Waals surface area contributed by atoms with E-state index in [-0.39, 0.29) is 16.6 Å². The van der Waals surface area contributed by atoms with Crippen LogP contribution in [0, 0.1) is 0 Å². The molecule has 0 amide bonds. The average molecular weight is 267 g/mol. The molecule has 0 fully saturated rings. The van der Waals surface area contributed by atoms with Crippen molar-refractivity contribution in [1.82, 2.24) is 0 Å². The first kappa shape index (κ1) is 12.6. The maximum atomic E-state index is 11.8. The Bertz CT molecular complexity index is 627.